The topological polar surface area (TPSA) is 67.2 Å². The maximum atomic E-state index is 13.1. The molecule has 0 radical (unpaired) electrons. The van der Waals surface area contributed by atoms with Gasteiger partial charge in [-0.25, -0.2) is 4.68 Å². The highest BCUT2D eigenvalue weighted by molar-refractivity contribution is 6.32. The van der Waals surface area contributed by atoms with Crippen molar-refractivity contribution < 1.29 is 9.59 Å². The molecule has 0 spiro atoms. The van der Waals surface area contributed by atoms with Gasteiger partial charge in [0.15, 0.2) is 0 Å². The monoisotopic (exact) mass is 500 g/mol. The number of hydrogen-bond acceptors (Lipinski definition) is 3. The van der Waals surface area contributed by atoms with E-state index in [2.05, 4.69) is 26.1 Å². The number of hydrogen-bond donors (Lipinski definition) is 1. The Balaban J connectivity index is 1.86. The number of unbranched alkanes of at least 4 members (excludes halogenated alkanes) is 1. The number of nitrogens with one attached hydrogen (secondary N) is 1. The van der Waals surface area contributed by atoms with E-state index in [1.165, 1.54) is 0 Å². The maximum absolute atomic E-state index is 13.1. The van der Waals surface area contributed by atoms with Crippen LogP contribution < -0.4 is 5.32 Å². The normalized spacial score (nSPS) is 11.4. The van der Waals surface area contributed by atoms with E-state index in [9.17, 15) is 9.59 Å². The molecule has 180 valence electrons. The highest BCUT2D eigenvalue weighted by Crippen LogP contribution is 2.29. The van der Waals surface area contributed by atoms with Crippen molar-refractivity contribution in [2.45, 2.75) is 46.0 Å². The predicted octanol–water partition coefficient (Wildman–Crippen LogP) is 6.36. The number of benzene rings is 2. The smallest absolute Gasteiger partial charge is 0.254 e. The zero-order chi connectivity index (χ0) is 24.9. The minimum atomic E-state index is -0.313. The summed E-state index contributed by atoms with van der Waals surface area (Å²) in [6.07, 6.45) is 1.69. The van der Waals surface area contributed by atoms with Crippen molar-refractivity contribution in [3.8, 4) is 5.69 Å². The first kappa shape index (κ1) is 25.8. The van der Waals surface area contributed by atoms with E-state index in [1.54, 1.807) is 39.9 Å². The Kier molecular flexibility index (Phi) is 8.39. The van der Waals surface area contributed by atoms with Crippen LogP contribution in [-0.2, 0) is 10.2 Å². The van der Waals surface area contributed by atoms with Gasteiger partial charge in [-0.15, -0.1) is 0 Å². The first-order valence-electron chi connectivity index (χ1n) is 11.3. The minimum Gasteiger partial charge on any atom is -0.329 e. The second-order valence-electron chi connectivity index (χ2n) is 9.16. The molecule has 0 aliphatic carbocycles. The fourth-order valence-corrected chi connectivity index (χ4v) is 3.72. The molecule has 0 aliphatic heterocycles. The van der Waals surface area contributed by atoms with Gasteiger partial charge in [-0.3, -0.25) is 9.59 Å². The molecule has 6 nitrogen and oxygen atoms in total. The summed E-state index contributed by atoms with van der Waals surface area (Å²) >= 11 is 12.4. The summed E-state index contributed by atoms with van der Waals surface area (Å²) in [5.74, 6) is -0.0280. The third kappa shape index (κ3) is 6.39. The lowest BCUT2D eigenvalue weighted by atomic mass is 9.92. The Labute approximate surface area is 210 Å². The zero-order valence-corrected chi connectivity index (χ0v) is 21.5. The number of rotatable bonds is 8. The van der Waals surface area contributed by atoms with Crippen LogP contribution in [-0.4, -0.2) is 39.6 Å². The quantitative estimate of drug-likeness (QED) is 0.391. The molecule has 1 N–H and O–H groups in total. The van der Waals surface area contributed by atoms with Crippen LogP contribution in [0.25, 0.3) is 5.69 Å². The lowest BCUT2D eigenvalue weighted by Crippen LogP contribution is -2.39. The summed E-state index contributed by atoms with van der Waals surface area (Å²) in [5, 5.41) is 8.72. The van der Waals surface area contributed by atoms with Crippen molar-refractivity contribution >= 4 is 40.8 Å². The number of halogens is 2. The van der Waals surface area contributed by atoms with Gasteiger partial charge in [-0.2, -0.15) is 5.10 Å². The molecule has 0 atom stereocenters. The molecular weight excluding hydrogens is 471 g/mol. The van der Waals surface area contributed by atoms with Crippen LogP contribution in [0.1, 0.15) is 56.6 Å². The van der Waals surface area contributed by atoms with Gasteiger partial charge in [-0.05, 0) is 42.8 Å². The fraction of sp³-hybridized carbons (Fsp3) is 0.346. The molecule has 3 rings (SSSR count). The minimum absolute atomic E-state index is 0.0833. The van der Waals surface area contributed by atoms with Crippen molar-refractivity contribution in [1.29, 1.82) is 0 Å². The van der Waals surface area contributed by atoms with E-state index in [1.807, 2.05) is 31.2 Å². The summed E-state index contributed by atoms with van der Waals surface area (Å²) in [7, 11) is 0. The molecule has 0 bridgehead atoms. The number of carbonyl (C=O) groups excluding carboxylic acids is 2. The Bertz CT molecular complexity index is 1150. The fourth-order valence-electron chi connectivity index (χ4n) is 3.38. The summed E-state index contributed by atoms with van der Waals surface area (Å²) in [6, 6.07) is 15.8. The van der Waals surface area contributed by atoms with Crippen LogP contribution in [0, 0.1) is 0 Å². The van der Waals surface area contributed by atoms with E-state index < -0.39 is 0 Å². The van der Waals surface area contributed by atoms with Gasteiger partial charge in [0.1, 0.15) is 12.4 Å². The number of amides is 2. The molecule has 2 aromatic carbocycles. The summed E-state index contributed by atoms with van der Waals surface area (Å²) in [4.78, 5) is 27.7. The Morgan fingerprint density at radius 2 is 1.74 bits per heavy atom. The summed E-state index contributed by atoms with van der Waals surface area (Å²) in [5.41, 5.74) is 1.73. The molecule has 0 fully saturated rings. The molecule has 0 saturated heterocycles. The number of para-hydroxylation sites is 1. The van der Waals surface area contributed by atoms with Crippen molar-refractivity contribution in [2.24, 2.45) is 0 Å². The molecule has 1 aromatic heterocycles. The zero-order valence-electron chi connectivity index (χ0n) is 19.9. The summed E-state index contributed by atoms with van der Waals surface area (Å²) < 4.78 is 1.64. The maximum Gasteiger partial charge on any atom is 0.254 e. The van der Waals surface area contributed by atoms with E-state index in [-0.39, 0.29) is 23.8 Å². The highest BCUT2D eigenvalue weighted by Gasteiger charge is 2.24. The molecule has 3 aromatic rings. The standard InChI is InChI=1S/C26H30Cl2N4O2/c1-5-6-15-31(25(34)18-11-13-19(27)14-12-18)17-24(33)29-23-16-22(26(2,3)4)30-32(23)21-10-8-7-9-20(21)28/h7-14,16H,5-6,15,17H2,1-4H3,(H,29,33). The van der Waals surface area contributed by atoms with Crippen molar-refractivity contribution in [3.05, 3.63) is 75.9 Å². The first-order valence-corrected chi connectivity index (χ1v) is 12.1. The van der Waals surface area contributed by atoms with Gasteiger partial charge in [0.25, 0.3) is 5.91 Å². The number of aromatic nitrogens is 2. The third-order valence-corrected chi connectivity index (χ3v) is 5.89. The second-order valence-corrected chi connectivity index (χ2v) is 10.0. The van der Waals surface area contributed by atoms with Crippen LogP contribution in [0.2, 0.25) is 10.0 Å². The van der Waals surface area contributed by atoms with Crippen molar-refractivity contribution in [1.82, 2.24) is 14.7 Å². The van der Waals surface area contributed by atoms with Gasteiger partial charge in [0.05, 0.1) is 16.4 Å². The molecule has 0 saturated carbocycles. The van der Waals surface area contributed by atoms with Crippen molar-refractivity contribution in [3.63, 3.8) is 0 Å². The van der Waals surface area contributed by atoms with Crippen molar-refractivity contribution in [2.75, 3.05) is 18.4 Å². The molecule has 8 heteroatoms. The van der Waals surface area contributed by atoms with Crippen LogP contribution >= 0.6 is 23.2 Å². The molecule has 1 heterocycles. The van der Waals surface area contributed by atoms with Gasteiger partial charge < -0.3 is 10.2 Å². The molecule has 0 unspecified atom stereocenters. The predicted molar refractivity (Wildman–Crippen MR) is 138 cm³/mol. The van der Waals surface area contributed by atoms with Gasteiger partial charge in [0.2, 0.25) is 5.91 Å². The van der Waals surface area contributed by atoms with Crippen LogP contribution in [0.15, 0.2) is 54.6 Å². The largest absolute Gasteiger partial charge is 0.329 e. The number of nitrogens with zero attached hydrogens (tertiary/aromatic N) is 3. The lowest BCUT2D eigenvalue weighted by Gasteiger charge is -2.22. The average Bonchev–Trinajstić information content (AvgIpc) is 3.21. The van der Waals surface area contributed by atoms with Crippen LogP contribution in [0.3, 0.4) is 0 Å². The molecule has 34 heavy (non-hydrogen) atoms. The lowest BCUT2D eigenvalue weighted by molar-refractivity contribution is -0.116. The van der Waals surface area contributed by atoms with E-state index >= 15 is 0 Å². The summed E-state index contributed by atoms with van der Waals surface area (Å²) in [6.45, 7) is 8.59. The third-order valence-electron chi connectivity index (χ3n) is 5.32. The molecular formula is C26H30Cl2N4O2. The van der Waals surface area contributed by atoms with Crippen LogP contribution in [0.5, 0.6) is 0 Å². The van der Waals surface area contributed by atoms with Crippen LogP contribution in [0.4, 0.5) is 5.82 Å². The highest BCUT2D eigenvalue weighted by atomic mass is 35.5. The van der Waals surface area contributed by atoms with E-state index in [0.29, 0.717) is 33.7 Å². The SMILES string of the molecule is CCCCN(CC(=O)Nc1cc(C(C)(C)C)nn1-c1ccccc1Cl)C(=O)c1ccc(Cl)cc1. The van der Waals surface area contributed by atoms with Gasteiger partial charge in [0, 0.05) is 28.6 Å². The van der Waals surface area contributed by atoms with Gasteiger partial charge in [-0.1, -0.05) is 69.5 Å². The number of anilines is 1. The van der Waals surface area contributed by atoms with E-state index in [0.717, 1.165) is 18.5 Å². The Morgan fingerprint density at radius 1 is 1.06 bits per heavy atom. The van der Waals surface area contributed by atoms with Gasteiger partial charge >= 0.3 is 0 Å². The molecule has 2 amide bonds. The van der Waals surface area contributed by atoms with E-state index in [4.69, 9.17) is 28.3 Å². The molecule has 0 aliphatic rings. The Morgan fingerprint density at radius 3 is 2.35 bits per heavy atom. The average molecular weight is 501 g/mol. The Hall–Kier alpha value is -2.83. The second kappa shape index (κ2) is 11.1. The number of carbonyl (C=O) groups is 2. The first-order chi connectivity index (χ1) is 16.1.